The molecule has 0 aliphatic rings. The van der Waals surface area contributed by atoms with Gasteiger partial charge in [-0.25, -0.2) is 0 Å². The molecule has 1 aromatic rings. The highest BCUT2D eigenvalue weighted by atomic mass is 16.5. The van der Waals surface area contributed by atoms with Gasteiger partial charge in [0.1, 0.15) is 6.61 Å². The number of aryl methyl sites for hydroxylation is 1. The van der Waals surface area contributed by atoms with Gasteiger partial charge in [0.25, 0.3) is 0 Å². The topological polar surface area (TPSA) is 44.1 Å². The molecule has 4 nitrogen and oxygen atoms in total. The molecule has 0 N–H and O–H groups in total. The summed E-state index contributed by atoms with van der Waals surface area (Å²) in [5, 5.41) is 3.91. The van der Waals surface area contributed by atoms with Crippen LogP contribution < -0.4 is 0 Å². The molecule has 0 bridgehead atoms. The third kappa shape index (κ3) is 2.99. The van der Waals surface area contributed by atoms with E-state index in [2.05, 4.69) is 5.10 Å². The van der Waals surface area contributed by atoms with Crippen LogP contribution in [0.1, 0.15) is 24.2 Å². The minimum absolute atomic E-state index is 0.0261. The fraction of sp³-hybridized carbons (Fsp3) is 0.556. The molecule has 0 amide bonds. The lowest BCUT2D eigenvalue weighted by atomic mass is 10.2. The van der Waals surface area contributed by atoms with Gasteiger partial charge in [-0.3, -0.25) is 9.48 Å². The molecule has 13 heavy (non-hydrogen) atoms. The summed E-state index contributed by atoms with van der Waals surface area (Å²) >= 11 is 0. The molecule has 0 aromatic carbocycles. The van der Waals surface area contributed by atoms with Crippen LogP contribution in [-0.4, -0.2) is 28.3 Å². The predicted molar refractivity (Wildman–Crippen MR) is 48.6 cm³/mol. The van der Waals surface area contributed by atoms with E-state index in [0.717, 1.165) is 0 Å². The molecular formula is C9H14N2O2. The van der Waals surface area contributed by atoms with Gasteiger partial charge in [-0.1, -0.05) is 0 Å². The van der Waals surface area contributed by atoms with Crippen LogP contribution in [0.25, 0.3) is 0 Å². The number of ether oxygens (including phenoxy) is 1. The number of carbonyl (C=O) groups excluding carboxylic acids is 1. The van der Waals surface area contributed by atoms with Gasteiger partial charge in [0, 0.05) is 13.2 Å². The van der Waals surface area contributed by atoms with Crippen molar-refractivity contribution in [1.29, 1.82) is 0 Å². The largest absolute Gasteiger partial charge is 0.371 e. The average Bonchev–Trinajstić information content (AvgIpc) is 2.47. The van der Waals surface area contributed by atoms with Gasteiger partial charge in [0.2, 0.25) is 0 Å². The number of hydrogen-bond donors (Lipinski definition) is 0. The first-order valence-electron chi connectivity index (χ1n) is 4.23. The van der Waals surface area contributed by atoms with Crippen LogP contribution in [0.5, 0.6) is 0 Å². The number of rotatable bonds is 4. The van der Waals surface area contributed by atoms with E-state index in [1.807, 2.05) is 13.8 Å². The van der Waals surface area contributed by atoms with Crippen LogP contribution in [0.4, 0.5) is 0 Å². The second-order valence-corrected chi connectivity index (χ2v) is 3.19. The molecule has 0 fully saturated rings. The SMILES string of the molecule is CC(C)OCC(=O)c1cnn(C)c1. The number of carbonyl (C=O) groups is 1. The average molecular weight is 182 g/mol. The normalized spacial score (nSPS) is 10.8. The summed E-state index contributed by atoms with van der Waals surface area (Å²) in [6.07, 6.45) is 3.32. The van der Waals surface area contributed by atoms with Crippen molar-refractivity contribution >= 4 is 5.78 Å². The highest BCUT2D eigenvalue weighted by Gasteiger charge is 2.08. The van der Waals surface area contributed by atoms with E-state index in [4.69, 9.17) is 4.74 Å². The van der Waals surface area contributed by atoms with Crippen LogP contribution in [0.15, 0.2) is 12.4 Å². The third-order valence-corrected chi connectivity index (χ3v) is 1.57. The van der Waals surface area contributed by atoms with E-state index in [1.54, 1.807) is 24.1 Å². The first-order valence-corrected chi connectivity index (χ1v) is 4.23. The Morgan fingerprint density at radius 1 is 1.69 bits per heavy atom. The molecule has 72 valence electrons. The van der Waals surface area contributed by atoms with E-state index in [-0.39, 0.29) is 18.5 Å². The molecule has 0 spiro atoms. The molecule has 0 unspecified atom stereocenters. The molecule has 0 aliphatic carbocycles. The van der Waals surface area contributed by atoms with E-state index < -0.39 is 0 Å². The maximum Gasteiger partial charge on any atom is 0.191 e. The molecule has 0 radical (unpaired) electrons. The van der Waals surface area contributed by atoms with Crippen molar-refractivity contribution in [2.75, 3.05) is 6.61 Å². The minimum Gasteiger partial charge on any atom is -0.371 e. The Labute approximate surface area is 77.5 Å². The number of hydrogen-bond acceptors (Lipinski definition) is 3. The highest BCUT2D eigenvalue weighted by molar-refractivity contribution is 5.96. The number of Topliss-reactive ketones (excluding diaryl/α,β-unsaturated/α-hetero) is 1. The number of ketones is 1. The van der Waals surface area contributed by atoms with Crippen molar-refractivity contribution in [2.24, 2.45) is 7.05 Å². The van der Waals surface area contributed by atoms with Gasteiger partial charge in [0.15, 0.2) is 5.78 Å². The second kappa shape index (κ2) is 4.18. The van der Waals surface area contributed by atoms with Crippen LogP contribution in [-0.2, 0) is 11.8 Å². The summed E-state index contributed by atoms with van der Waals surface area (Å²) in [6, 6.07) is 0. The van der Waals surface area contributed by atoms with Gasteiger partial charge in [-0.05, 0) is 13.8 Å². The van der Waals surface area contributed by atoms with Gasteiger partial charge >= 0.3 is 0 Å². The third-order valence-electron chi connectivity index (χ3n) is 1.57. The summed E-state index contributed by atoms with van der Waals surface area (Å²) in [6.45, 7) is 3.93. The number of aromatic nitrogens is 2. The molecule has 1 aromatic heterocycles. The lowest BCUT2D eigenvalue weighted by Gasteiger charge is -2.04. The molecule has 0 atom stereocenters. The highest BCUT2D eigenvalue weighted by Crippen LogP contribution is 1.99. The maximum atomic E-state index is 11.4. The zero-order chi connectivity index (χ0) is 9.84. The summed E-state index contributed by atoms with van der Waals surface area (Å²) in [7, 11) is 1.78. The zero-order valence-electron chi connectivity index (χ0n) is 8.15. The first kappa shape index (κ1) is 9.92. The minimum atomic E-state index is -0.0261. The summed E-state index contributed by atoms with van der Waals surface area (Å²) < 4.78 is 6.78. The van der Waals surface area contributed by atoms with E-state index in [9.17, 15) is 4.79 Å². The first-order chi connectivity index (χ1) is 6.09. The van der Waals surface area contributed by atoms with Crippen molar-refractivity contribution in [3.63, 3.8) is 0 Å². The van der Waals surface area contributed by atoms with Crippen molar-refractivity contribution in [2.45, 2.75) is 20.0 Å². The molecule has 0 saturated heterocycles. The lowest BCUT2D eigenvalue weighted by Crippen LogP contribution is -2.12. The fourth-order valence-corrected chi connectivity index (χ4v) is 0.891. The Hall–Kier alpha value is -1.16. The molecular weight excluding hydrogens is 168 g/mol. The van der Waals surface area contributed by atoms with Gasteiger partial charge in [0.05, 0.1) is 17.9 Å². The van der Waals surface area contributed by atoms with Gasteiger partial charge in [-0.2, -0.15) is 5.10 Å². The summed E-state index contributed by atoms with van der Waals surface area (Å²) in [5.41, 5.74) is 0.600. The molecule has 0 aliphatic heterocycles. The summed E-state index contributed by atoms with van der Waals surface area (Å²) in [4.78, 5) is 11.4. The van der Waals surface area contributed by atoms with Crippen LogP contribution >= 0.6 is 0 Å². The van der Waals surface area contributed by atoms with E-state index in [0.29, 0.717) is 5.56 Å². The van der Waals surface area contributed by atoms with Crippen LogP contribution in [0.2, 0.25) is 0 Å². The second-order valence-electron chi connectivity index (χ2n) is 3.19. The van der Waals surface area contributed by atoms with Crippen molar-refractivity contribution < 1.29 is 9.53 Å². The Kier molecular flexibility index (Phi) is 3.19. The van der Waals surface area contributed by atoms with Crippen molar-refractivity contribution in [1.82, 2.24) is 9.78 Å². The van der Waals surface area contributed by atoms with Crippen LogP contribution in [0.3, 0.4) is 0 Å². The Bertz CT molecular complexity index is 292. The Morgan fingerprint density at radius 2 is 2.38 bits per heavy atom. The van der Waals surface area contributed by atoms with Gasteiger partial charge in [-0.15, -0.1) is 0 Å². The molecule has 1 heterocycles. The van der Waals surface area contributed by atoms with Crippen molar-refractivity contribution in [3.8, 4) is 0 Å². The van der Waals surface area contributed by atoms with Gasteiger partial charge < -0.3 is 4.74 Å². The number of nitrogens with zero attached hydrogens (tertiary/aromatic N) is 2. The maximum absolute atomic E-state index is 11.4. The Balaban J connectivity index is 2.49. The fourth-order valence-electron chi connectivity index (χ4n) is 0.891. The standard InChI is InChI=1S/C9H14N2O2/c1-7(2)13-6-9(12)8-4-10-11(3)5-8/h4-5,7H,6H2,1-3H3. The van der Waals surface area contributed by atoms with Crippen LogP contribution in [0, 0.1) is 0 Å². The quantitative estimate of drug-likeness (QED) is 0.653. The molecule has 4 heteroatoms. The van der Waals surface area contributed by atoms with E-state index >= 15 is 0 Å². The van der Waals surface area contributed by atoms with Crippen molar-refractivity contribution in [3.05, 3.63) is 18.0 Å². The molecule has 1 rings (SSSR count). The monoisotopic (exact) mass is 182 g/mol. The zero-order valence-corrected chi connectivity index (χ0v) is 8.15. The Morgan fingerprint density at radius 3 is 2.85 bits per heavy atom. The predicted octanol–water partition coefficient (Wildman–Crippen LogP) is 1.03. The smallest absolute Gasteiger partial charge is 0.191 e. The lowest BCUT2D eigenvalue weighted by molar-refractivity contribution is 0.0585. The summed E-state index contributed by atoms with van der Waals surface area (Å²) in [5.74, 6) is -0.0261. The molecule has 0 saturated carbocycles. The van der Waals surface area contributed by atoms with E-state index in [1.165, 1.54) is 0 Å².